The Labute approximate surface area is 237 Å². The molecule has 210 valence electrons. The van der Waals surface area contributed by atoms with Crippen LogP contribution in [0.4, 0.5) is 16.2 Å². The molecule has 2 saturated heterocycles. The molecule has 9 nitrogen and oxygen atoms in total. The predicted molar refractivity (Wildman–Crippen MR) is 157 cm³/mol. The van der Waals surface area contributed by atoms with E-state index < -0.39 is 5.60 Å². The standard InChI is InChI=1S/C31H39N7O2/c1-22-19-37(28-11-8-24(17-32)29-27(28)7-6-12-33-29)20-23(2)38(22)21-25-9-10-26(18-34-25)35-13-15-36(16-14-35)30(39)40-31(3,4)5/h6-12,18,22-23H,13-16,19-21H2,1-5H3/t22-,23+. The fraction of sp³-hybridized carbons (Fsp3) is 0.484. The maximum absolute atomic E-state index is 12.4. The molecule has 0 bridgehead atoms. The molecule has 2 aromatic heterocycles. The Balaban J connectivity index is 1.19. The minimum absolute atomic E-state index is 0.243. The van der Waals surface area contributed by atoms with Gasteiger partial charge in [0.1, 0.15) is 11.7 Å². The van der Waals surface area contributed by atoms with Gasteiger partial charge in [0, 0.05) is 75.2 Å². The van der Waals surface area contributed by atoms with Gasteiger partial charge in [-0.3, -0.25) is 14.9 Å². The van der Waals surface area contributed by atoms with Gasteiger partial charge in [-0.1, -0.05) is 0 Å². The van der Waals surface area contributed by atoms with Crippen LogP contribution in [0.2, 0.25) is 0 Å². The summed E-state index contributed by atoms with van der Waals surface area (Å²) in [5.74, 6) is 0. The van der Waals surface area contributed by atoms with E-state index in [0.29, 0.717) is 30.7 Å². The zero-order valence-electron chi connectivity index (χ0n) is 24.2. The smallest absolute Gasteiger partial charge is 0.410 e. The lowest BCUT2D eigenvalue weighted by atomic mass is 10.0. The Morgan fingerprint density at radius 1 is 1.00 bits per heavy atom. The van der Waals surface area contributed by atoms with Crippen LogP contribution in [-0.4, -0.2) is 82.8 Å². The zero-order chi connectivity index (χ0) is 28.4. The lowest BCUT2D eigenvalue weighted by Gasteiger charge is -2.45. The number of fused-ring (bicyclic) bond motifs is 1. The van der Waals surface area contributed by atoms with Crippen molar-refractivity contribution < 1.29 is 9.53 Å². The number of amides is 1. The molecular formula is C31H39N7O2. The monoisotopic (exact) mass is 541 g/mol. The minimum Gasteiger partial charge on any atom is -0.444 e. The molecule has 0 unspecified atom stereocenters. The van der Waals surface area contributed by atoms with E-state index in [4.69, 9.17) is 9.72 Å². The largest absolute Gasteiger partial charge is 0.444 e. The molecule has 0 radical (unpaired) electrons. The van der Waals surface area contributed by atoms with E-state index in [-0.39, 0.29) is 6.09 Å². The summed E-state index contributed by atoms with van der Waals surface area (Å²) in [5, 5.41) is 10.5. The van der Waals surface area contributed by atoms with Gasteiger partial charge in [0.05, 0.1) is 28.7 Å². The second kappa shape index (κ2) is 11.3. The van der Waals surface area contributed by atoms with E-state index >= 15 is 0 Å². The normalized spacial score (nSPS) is 20.4. The van der Waals surface area contributed by atoms with Crippen LogP contribution in [0.5, 0.6) is 0 Å². The number of aromatic nitrogens is 2. The molecule has 3 aromatic rings. The van der Waals surface area contributed by atoms with E-state index in [1.165, 1.54) is 0 Å². The number of hydrogen-bond acceptors (Lipinski definition) is 8. The zero-order valence-corrected chi connectivity index (χ0v) is 24.2. The van der Waals surface area contributed by atoms with Crippen LogP contribution >= 0.6 is 0 Å². The third-order valence-electron chi connectivity index (χ3n) is 7.76. The topological polar surface area (TPSA) is 88.8 Å². The van der Waals surface area contributed by atoms with Gasteiger partial charge < -0.3 is 19.4 Å². The summed E-state index contributed by atoms with van der Waals surface area (Å²) in [6.45, 7) is 15.6. The molecule has 1 aromatic carbocycles. The molecule has 2 aliphatic rings. The number of carbonyl (C=O) groups is 1. The van der Waals surface area contributed by atoms with Gasteiger partial charge in [-0.15, -0.1) is 0 Å². The van der Waals surface area contributed by atoms with Crippen molar-refractivity contribution in [3.63, 3.8) is 0 Å². The van der Waals surface area contributed by atoms with Crippen LogP contribution in [0.3, 0.4) is 0 Å². The van der Waals surface area contributed by atoms with Gasteiger partial charge in [-0.05, 0) is 71.0 Å². The van der Waals surface area contributed by atoms with Gasteiger partial charge in [0.25, 0.3) is 0 Å². The highest BCUT2D eigenvalue weighted by molar-refractivity contribution is 5.95. The van der Waals surface area contributed by atoms with Crippen molar-refractivity contribution in [2.75, 3.05) is 49.1 Å². The van der Waals surface area contributed by atoms with Gasteiger partial charge >= 0.3 is 6.09 Å². The first kappa shape index (κ1) is 27.7. The van der Waals surface area contributed by atoms with E-state index in [1.54, 1.807) is 11.1 Å². The SMILES string of the molecule is C[C@@H]1CN(c2ccc(C#N)c3ncccc23)C[C@H](C)N1Cc1ccc(N2CCN(C(=O)OC(C)(C)C)CC2)cn1. The maximum atomic E-state index is 12.4. The van der Waals surface area contributed by atoms with Gasteiger partial charge in [0.2, 0.25) is 0 Å². The second-order valence-corrected chi connectivity index (χ2v) is 11.9. The summed E-state index contributed by atoms with van der Waals surface area (Å²) in [5.41, 5.74) is 4.16. The number of rotatable bonds is 4. The second-order valence-electron chi connectivity index (χ2n) is 11.9. The molecular weight excluding hydrogens is 502 g/mol. The molecule has 40 heavy (non-hydrogen) atoms. The van der Waals surface area contributed by atoms with Crippen molar-refractivity contribution in [1.82, 2.24) is 19.8 Å². The average molecular weight is 542 g/mol. The summed E-state index contributed by atoms with van der Waals surface area (Å²) < 4.78 is 5.52. The highest BCUT2D eigenvalue weighted by Crippen LogP contribution is 2.31. The van der Waals surface area contributed by atoms with Crippen LogP contribution in [0.25, 0.3) is 10.9 Å². The third kappa shape index (κ3) is 5.97. The number of piperazine rings is 2. The van der Waals surface area contributed by atoms with E-state index in [9.17, 15) is 10.1 Å². The fourth-order valence-electron chi connectivity index (χ4n) is 5.75. The van der Waals surface area contributed by atoms with Crippen molar-refractivity contribution in [2.24, 2.45) is 0 Å². The van der Waals surface area contributed by atoms with Crippen molar-refractivity contribution in [3.8, 4) is 6.07 Å². The molecule has 4 heterocycles. The summed E-state index contributed by atoms with van der Waals surface area (Å²) in [6.07, 6.45) is 3.46. The van der Waals surface area contributed by atoms with Gasteiger partial charge in [-0.25, -0.2) is 4.79 Å². The Morgan fingerprint density at radius 2 is 1.73 bits per heavy atom. The van der Waals surface area contributed by atoms with Crippen molar-refractivity contribution >= 4 is 28.4 Å². The number of benzene rings is 1. The maximum Gasteiger partial charge on any atom is 0.410 e. The predicted octanol–water partition coefficient (Wildman–Crippen LogP) is 4.66. The van der Waals surface area contributed by atoms with Crippen LogP contribution in [0, 0.1) is 11.3 Å². The molecule has 1 amide bonds. The number of ether oxygens (including phenoxy) is 1. The first-order chi connectivity index (χ1) is 19.1. The van der Waals surface area contributed by atoms with E-state index in [2.05, 4.69) is 63.9 Å². The molecule has 2 aliphatic heterocycles. The van der Waals surface area contributed by atoms with E-state index in [1.807, 2.05) is 39.1 Å². The molecule has 0 N–H and O–H groups in total. The summed E-state index contributed by atoms with van der Waals surface area (Å²) in [4.78, 5) is 30.7. The third-order valence-corrected chi connectivity index (χ3v) is 7.76. The summed E-state index contributed by atoms with van der Waals surface area (Å²) >= 11 is 0. The molecule has 2 fully saturated rings. The van der Waals surface area contributed by atoms with Crippen LogP contribution < -0.4 is 9.80 Å². The molecule has 0 saturated carbocycles. The number of hydrogen-bond donors (Lipinski definition) is 0. The van der Waals surface area contributed by atoms with Gasteiger partial charge in [-0.2, -0.15) is 5.26 Å². The Hall–Kier alpha value is -3.90. The summed E-state index contributed by atoms with van der Waals surface area (Å²) in [6, 6.07) is 15.1. The van der Waals surface area contributed by atoms with Crippen molar-refractivity contribution in [1.29, 1.82) is 5.26 Å². The quantitative estimate of drug-likeness (QED) is 0.471. The number of nitrogens with zero attached hydrogens (tertiary/aromatic N) is 7. The number of anilines is 2. The first-order valence-corrected chi connectivity index (χ1v) is 14.1. The Morgan fingerprint density at radius 3 is 2.35 bits per heavy atom. The number of carbonyl (C=O) groups excluding carboxylic acids is 1. The first-order valence-electron chi connectivity index (χ1n) is 14.1. The Kier molecular flexibility index (Phi) is 7.81. The highest BCUT2D eigenvalue weighted by atomic mass is 16.6. The molecule has 9 heteroatoms. The average Bonchev–Trinajstić information content (AvgIpc) is 2.94. The van der Waals surface area contributed by atoms with Crippen LogP contribution in [-0.2, 0) is 11.3 Å². The minimum atomic E-state index is -0.481. The van der Waals surface area contributed by atoms with Crippen molar-refractivity contribution in [2.45, 2.75) is 58.8 Å². The number of nitriles is 1. The van der Waals surface area contributed by atoms with E-state index in [0.717, 1.165) is 60.7 Å². The van der Waals surface area contributed by atoms with Crippen LogP contribution in [0.15, 0.2) is 48.8 Å². The lowest BCUT2D eigenvalue weighted by molar-refractivity contribution is 0.0240. The van der Waals surface area contributed by atoms with Crippen LogP contribution in [0.1, 0.15) is 45.9 Å². The molecule has 0 spiro atoms. The summed E-state index contributed by atoms with van der Waals surface area (Å²) in [7, 11) is 0. The Bertz CT molecular complexity index is 1380. The van der Waals surface area contributed by atoms with Crippen molar-refractivity contribution in [3.05, 3.63) is 60.0 Å². The number of pyridine rings is 2. The highest BCUT2D eigenvalue weighted by Gasteiger charge is 2.31. The van der Waals surface area contributed by atoms with Gasteiger partial charge in [0.15, 0.2) is 0 Å². The lowest BCUT2D eigenvalue weighted by Crippen LogP contribution is -2.56. The molecule has 2 atom stereocenters. The molecule has 5 rings (SSSR count). The molecule has 0 aliphatic carbocycles. The fourth-order valence-corrected chi connectivity index (χ4v) is 5.75.